The minimum Gasteiger partial charge on any atom is -0.282 e. The maximum atomic E-state index is 10.9. The zero-order valence-electron chi connectivity index (χ0n) is 10.4. The monoisotopic (exact) mass is 269 g/mol. The second-order valence-corrected chi connectivity index (χ2v) is 5.22. The van der Waals surface area contributed by atoms with Crippen LogP contribution < -0.4 is 0 Å². The molecule has 0 atom stereocenters. The third kappa shape index (κ3) is 3.94. The van der Waals surface area contributed by atoms with Crippen LogP contribution in [0.2, 0.25) is 0 Å². The molecule has 2 aromatic rings. The average Bonchev–Trinajstić information content (AvgIpc) is 2.69. The summed E-state index contributed by atoms with van der Waals surface area (Å²) in [6.07, 6.45) is 3.17. The zero-order chi connectivity index (χ0) is 13.8. The van der Waals surface area contributed by atoms with Gasteiger partial charge in [0.05, 0.1) is 17.3 Å². The van der Waals surface area contributed by atoms with Crippen molar-refractivity contribution in [3.63, 3.8) is 0 Å². The van der Waals surface area contributed by atoms with Crippen molar-refractivity contribution >= 4 is 10.1 Å². The molecule has 0 saturated carbocycles. The van der Waals surface area contributed by atoms with Gasteiger partial charge in [-0.15, -0.1) is 0 Å². The van der Waals surface area contributed by atoms with E-state index in [4.69, 9.17) is 4.55 Å². The minimum absolute atomic E-state index is 0.0260. The van der Waals surface area contributed by atoms with Crippen molar-refractivity contribution < 1.29 is 13.0 Å². The molecule has 18 heavy (non-hydrogen) atoms. The van der Waals surface area contributed by atoms with Crippen LogP contribution in [0.1, 0.15) is 16.7 Å². The van der Waals surface area contributed by atoms with Gasteiger partial charge in [0.25, 0.3) is 10.1 Å². The first-order valence-electron chi connectivity index (χ1n) is 5.17. The Labute approximate surface area is 106 Å². The van der Waals surface area contributed by atoms with Gasteiger partial charge in [0.2, 0.25) is 0 Å². The number of aryl methyl sites for hydroxylation is 3. The van der Waals surface area contributed by atoms with E-state index in [0.717, 1.165) is 5.56 Å². The van der Waals surface area contributed by atoms with Crippen LogP contribution in [0.15, 0.2) is 29.4 Å². The smallest absolute Gasteiger partial charge is 0.282 e. The number of H-pyrrole nitrogens is 1. The molecule has 0 radical (unpaired) electrons. The molecule has 2 rings (SSSR count). The highest BCUT2D eigenvalue weighted by atomic mass is 32.2. The Kier molecular flexibility index (Phi) is 4.57. The molecular formula is C11H15N3O3S. The number of nitrogens with one attached hydrogen (secondary N) is 1. The van der Waals surface area contributed by atoms with Crippen LogP contribution in [0.25, 0.3) is 0 Å². The highest BCUT2D eigenvalue weighted by molar-refractivity contribution is 7.86. The van der Waals surface area contributed by atoms with Gasteiger partial charge in [-0.25, -0.2) is 0 Å². The Morgan fingerprint density at radius 3 is 1.78 bits per heavy atom. The van der Waals surface area contributed by atoms with E-state index < -0.39 is 10.1 Å². The van der Waals surface area contributed by atoms with Crippen molar-refractivity contribution in [2.24, 2.45) is 0 Å². The second kappa shape index (κ2) is 5.74. The number of hydrogen-bond donors (Lipinski definition) is 2. The molecule has 0 aliphatic rings. The Morgan fingerprint density at radius 2 is 1.50 bits per heavy atom. The summed E-state index contributed by atoms with van der Waals surface area (Å²) in [7, 11) is -4.08. The quantitative estimate of drug-likeness (QED) is 0.767. The van der Waals surface area contributed by atoms with Crippen LogP contribution in [-0.2, 0) is 10.1 Å². The molecule has 0 aliphatic heterocycles. The fourth-order valence-electron chi connectivity index (χ4n) is 1.74. The molecule has 0 bridgehead atoms. The molecule has 1 aromatic carbocycles. The lowest BCUT2D eigenvalue weighted by Gasteiger charge is -2.07. The largest absolute Gasteiger partial charge is 0.295 e. The number of benzene rings is 1. The molecule has 0 aliphatic carbocycles. The topological polar surface area (TPSA) is 95.9 Å². The van der Waals surface area contributed by atoms with Gasteiger partial charge < -0.3 is 0 Å². The lowest BCUT2D eigenvalue weighted by Crippen LogP contribution is -2.04. The van der Waals surface area contributed by atoms with Gasteiger partial charge in [-0.2, -0.15) is 23.8 Å². The second-order valence-electron chi connectivity index (χ2n) is 3.86. The molecule has 0 saturated heterocycles. The molecular weight excluding hydrogens is 254 g/mol. The van der Waals surface area contributed by atoms with Crippen LogP contribution >= 0.6 is 0 Å². The molecule has 0 fully saturated rings. The van der Waals surface area contributed by atoms with E-state index in [0.29, 0.717) is 11.1 Å². The van der Waals surface area contributed by atoms with E-state index in [1.54, 1.807) is 38.4 Å². The summed E-state index contributed by atoms with van der Waals surface area (Å²) in [5.41, 5.74) is 2.16. The fourth-order valence-corrected chi connectivity index (χ4v) is 2.67. The van der Waals surface area contributed by atoms with Crippen LogP contribution in [-0.4, -0.2) is 28.4 Å². The van der Waals surface area contributed by atoms with Crippen LogP contribution in [0.4, 0.5) is 0 Å². The SMILES string of the molecule is Cc1cc(C)c(S(=O)(=O)O)c(C)c1.c1cn[nH]n1. The van der Waals surface area contributed by atoms with Crippen LogP contribution in [0, 0.1) is 20.8 Å². The number of hydrogen-bond acceptors (Lipinski definition) is 4. The van der Waals surface area contributed by atoms with E-state index in [9.17, 15) is 8.42 Å². The van der Waals surface area contributed by atoms with E-state index in [1.165, 1.54) is 0 Å². The normalized spacial score (nSPS) is 10.7. The van der Waals surface area contributed by atoms with Gasteiger partial charge in [0.15, 0.2) is 0 Å². The fraction of sp³-hybridized carbons (Fsp3) is 0.273. The average molecular weight is 269 g/mol. The molecule has 1 aromatic heterocycles. The van der Waals surface area contributed by atoms with Gasteiger partial charge in [-0.1, -0.05) is 17.7 Å². The lowest BCUT2D eigenvalue weighted by atomic mass is 10.1. The number of aromatic amines is 1. The van der Waals surface area contributed by atoms with Gasteiger partial charge >= 0.3 is 0 Å². The Morgan fingerprint density at radius 1 is 1.06 bits per heavy atom. The van der Waals surface area contributed by atoms with Crippen molar-refractivity contribution in [2.45, 2.75) is 25.7 Å². The maximum Gasteiger partial charge on any atom is 0.295 e. The van der Waals surface area contributed by atoms with E-state index in [2.05, 4.69) is 15.4 Å². The molecule has 1 heterocycles. The Balaban J connectivity index is 0.000000269. The van der Waals surface area contributed by atoms with E-state index in [1.807, 2.05) is 6.92 Å². The van der Waals surface area contributed by atoms with E-state index >= 15 is 0 Å². The molecule has 98 valence electrons. The minimum atomic E-state index is -4.08. The molecule has 0 unspecified atom stereocenters. The summed E-state index contributed by atoms with van der Waals surface area (Å²) in [6.45, 7) is 5.22. The molecule has 6 nitrogen and oxygen atoms in total. The highest BCUT2D eigenvalue weighted by Crippen LogP contribution is 2.20. The zero-order valence-corrected chi connectivity index (χ0v) is 11.2. The van der Waals surface area contributed by atoms with Gasteiger partial charge in [0, 0.05) is 0 Å². The standard InChI is InChI=1S/C9H12O3S.C2H3N3/c1-6-4-7(2)9(8(3)5-6)13(10,11)12;1-2-4-5-3-1/h4-5H,1-3H3,(H,10,11,12);1-2H,(H,3,4,5). The highest BCUT2D eigenvalue weighted by Gasteiger charge is 2.15. The summed E-state index contributed by atoms with van der Waals surface area (Å²) < 4.78 is 30.8. The van der Waals surface area contributed by atoms with Crippen LogP contribution in [0.5, 0.6) is 0 Å². The maximum absolute atomic E-state index is 10.9. The van der Waals surface area contributed by atoms with Crippen molar-refractivity contribution in [3.05, 3.63) is 41.2 Å². The first-order valence-corrected chi connectivity index (χ1v) is 6.61. The molecule has 0 amide bonds. The summed E-state index contributed by atoms with van der Waals surface area (Å²) in [4.78, 5) is 0.0260. The van der Waals surface area contributed by atoms with Crippen molar-refractivity contribution in [2.75, 3.05) is 0 Å². The lowest BCUT2D eigenvalue weighted by molar-refractivity contribution is 0.482. The summed E-state index contributed by atoms with van der Waals surface area (Å²) >= 11 is 0. The van der Waals surface area contributed by atoms with Gasteiger partial charge in [-0.3, -0.25) is 4.55 Å². The molecule has 2 N–H and O–H groups in total. The summed E-state index contributed by atoms with van der Waals surface area (Å²) in [5, 5.41) is 9.33. The first-order chi connectivity index (χ1) is 8.32. The number of aromatic nitrogens is 3. The Hall–Kier alpha value is -1.73. The van der Waals surface area contributed by atoms with Crippen LogP contribution in [0.3, 0.4) is 0 Å². The third-order valence-corrected chi connectivity index (χ3v) is 3.35. The summed E-state index contributed by atoms with van der Waals surface area (Å²) in [5.74, 6) is 0. The third-order valence-electron chi connectivity index (χ3n) is 2.19. The van der Waals surface area contributed by atoms with Crippen molar-refractivity contribution in [3.8, 4) is 0 Å². The van der Waals surface area contributed by atoms with Crippen molar-refractivity contribution in [1.82, 2.24) is 15.4 Å². The predicted molar refractivity (Wildman–Crippen MR) is 66.9 cm³/mol. The van der Waals surface area contributed by atoms with Gasteiger partial charge in [-0.05, 0) is 31.9 Å². The number of nitrogens with zero attached hydrogens (tertiary/aromatic N) is 2. The molecule has 0 spiro atoms. The van der Waals surface area contributed by atoms with Gasteiger partial charge in [0.1, 0.15) is 0 Å². The number of rotatable bonds is 1. The Bertz CT molecular complexity index is 566. The first kappa shape index (κ1) is 14.3. The molecule has 7 heteroatoms. The predicted octanol–water partition coefficient (Wildman–Crippen LogP) is 1.66. The summed E-state index contributed by atoms with van der Waals surface area (Å²) in [6, 6.07) is 3.46. The van der Waals surface area contributed by atoms with E-state index in [-0.39, 0.29) is 4.90 Å². The van der Waals surface area contributed by atoms with Crippen molar-refractivity contribution in [1.29, 1.82) is 0 Å².